The van der Waals surface area contributed by atoms with E-state index in [1.807, 2.05) is 13.0 Å². The SMILES string of the molecule is CCCC(O)(CCC)c1c(CC)nc2n1CCN2c1c(C)cc(Cl)cc1Cl. The first-order valence-electron chi connectivity index (χ1n) is 9.91. The topological polar surface area (TPSA) is 41.3 Å². The van der Waals surface area contributed by atoms with Gasteiger partial charge in [0.2, 0.25) is 5.95 Å². The van der Waals surface area contributed by atoms with Gasteiger partial charge in [0, 0.05) is 18.1 Å². The number of halogens is 2. The third-order valence-corrected chi connectivity index (χ3v) is 5.91. The van der Waals surface area contributed by atoms with Gasteiger partial charge in [-0.1, -0.05) is 56.8 Å². The fraction of sp³-hybridized carbons (Fsp3) is 0.571. The highest BCUT2D eigenvalue weighted by atomic mass is 35.5. The van der Waals surface area contributed by atoms with Gasteiger partial charge in [0.15, 0.2) is 0 Å². The highest BCUT2D eigenvalue weighted by Crippen LogP contribution is 2.43. The maximum atomic E-state index is 11.5. The smallest absolute Gasteiger partial charge is 0.210 e. The van der Waals surface area contributed by atoms with Crippen LogP contribution in [-0.2, 0) is 18.6 Å². The van der Waals surface area contributed by atoms with Crippen molar-refractivity contribution in [1.82, 2.24) is 9.55 Å². The van der Waals surface area contributed by atoms with Crippen LogP contribution in [0.1, 0.15) is 63.4 Å². The predicted octanol–water partition coefficient (Wildman–Crippen LogP) is 6.00. The van der Waals surface area contributed by atoms with Gasteiger partial charge in [-0.05, 0) is 43.9 Å². The molecule has 1 N–H and O–H groups in total. The minimum absolute atomic E-state index is 0.633. The predicted molar refractivity (Wildman–Crippen MR) is 114 cm³/mol. The number of rotatable bonds is 7. The molecule has 1 aliphatic rings. The second kappa shape index (κ2) is 8.02. The number of imidazole rings is 1. The van der Waals surface area contributed by atoms with Crippen LogP contribution in [0.4, 0.5) is 11.6 Å². The Morgan fingerprint density at radius 2 is 1.78 bits per heavy atom. The van der Waals surface area contributed by atoms with Crippen LogP contribution in [0.3, 0.4) is 0 Å². The first-order chi connectivity index (χ1) is 12.9. The quantitative estimate of drug-likeness (QED) is 0.609. The molecule has 0 amide bonds. The lowest BCUT2D eigenvalue weighted by molar-refractivity contribution is 0.00890. The van der Waals surface area contributed by atoms with Crippen molar-refractivity contribution >= 4 is 34.8 Å². The van der Waals surface area contributed by atoms with Gasteiger partial charge < -0.3 is 14.6 Å². The normalized spacial score (nSPS) is 14.1. The molecule has 0 bridgehead atoms. The third kappa shape index (κ3) is 3.59. The Balaban J connectivity index is 2.13. The molecule has 1 aromatic carbocycles. The zero-order valence-corrected chi connectivity index (χ0v) is 18.2. The Morgan fingerprint density at radius 3 is 2.33 bits per heavy atom. The minimum Gasteiger partial charge on any atom is -0.384 e. The molecule has 148 valence electrons. The number of aromatic nitrogens is 2. The Hall–Kier alpha value is -1.23. The molecule has 27 heavy (non-hydrogen) atoms. The Morgan fingerprint density at radius 1 is 1.11 bits per heavy atom. The van der Waals surface area contributed by atoms with Gasteiger partial charge in [0.1, 0.15) is 5.60 Å². The highest BCUT2D eigenvalue weighted by molar-refractivity contribution is 6.36. The molecule has 0 saturated heterocycles. The molecule has 2 heterocycles. The van der Waals surface area contributed by atoms with Gasteiger partial charge in [-0.2, -0.15) is 0 Å². The summed E-state index contributed by atoms with van der Waals surface area (Å²) in [6.45, 7) is 9.95. The Labute approximate surface area is 172 Å². The molecule has 0 fully saturated rings. The average molecular weight is 410 g/mol. The molecule has 1 aliphatic heterocycles. The summed E-state index contributed by atoms with van der Waals surface area (Å²) in [5.41, 5.74) is 3.14. The van der Waals surface area contributed by atoms with E-state index in [0.717, 1.165) is 73.8 Å². The second-order valence-electron chi connectivity index (χ2n) is 7.45. The zero-order chi connectivity index (χ0) is 19.8. The molecule has 4 nitrogen and oxygen atoms in total. The number of hydrogen-bond acceptors (Lipinski definition) is 3. The number of anilines is 2. The van der Waals surface area contributed by atoms with Crippen molar-refractivity contribution in [1.29, 1.82) is 0 Å². The summed E-state index contributed by atoms with van der Waals surface area (Å²) in [6.07, 6.45) is 4.17. The number of benzene rings is 1. The van der Waals surface area contributed by atoms with Crippen molar-refractivity contribution < 1.29 is 5.11 Å². The molecule has 0 atom stereocenters. The molecular formula is C21H29Cl2N3O. The molecule has 0 saturated carbocycles. The second-order valence-corrected chi connectivity index (χ2v) is 8.29. The monoisotopic (exact) mass is 409 g/mol. The van der Waals surface area contributed by atoms with Crippen molar-refractivity contribution in [3.05, 3.63) is 39.1 Å². The average Bonchev–Trinajstić information content (AvgIpc) is 3.14. The van der Waals surface area contributed by atoms with Crippen LogP contribution < -0.4 is 4.90 Å². The van der Waals surface area contributed by atoms with Gasteiger partial charge in [-0.25, -0.2) is 4.98 Å². The van der Waals surface area contributed by atoms with Crippen LogP contribution >= 0.6 is 23.2 Å². The molecule has 2 aromatic rings. The van der Waals surface area contributed by atoms with Crippen molar-refractivity contribution in [2.45, 2.75) is 71.9 Å². The summed E-state index contributed by atoms with van der Waals surface area (Å²) >= 11 is 12.7. The summed E-state index contributed by atoms with van der Waals surface area (Å²) in [4.78, 5) is 7.10. The van der Waals surface area contributed by atoms with E-state index in [1.54, 1.807) is 6.07 Å². The fourth-order valence-corrected chi connectivity index (χ4v) is 5.11. The standard InChI is InChI=1S/C21H29Cl2N3O/c1-5-8-21(27,9-6-2)19-17(7-3)24-20-25(10-11-26(19)20)18-14(4)12-15(22)13-16(18)23/h12-13,27H,5-11H2,1-4H3. The van der Waals surface area contributed by atoms with Crippen LogP contribution in [0.2, 0.25) is 10.0 Å². The lowest BCUT2D eigenvalue weighted by Gasteiger charge is -2.29. The van der Waals surface area contributed by atoms with Crippen molar-refractivity contribution in [2.75, 3.05) is 11.4 Å². The van der Waals surface area contributed by atoms with Crippen LogP contribution in [0.15, 0.2) is 12.1 Å². The first kappa shape index (κ1) is 20.5. The molecule has 3 rings (SSSR count). The van der Waals surface area contributed by atoms with Crippen molar-refractivity contribution in [2.24, 2.45) is 0 Å². The molecule has 0 unspecified atom stereocenters. The lowest BCUT2D eigenvalue weighted by atomic mass is 9.87. The van der Waals surface area contributed by atoms with E-state index in [4.69, 9.17) is 28.2 Å². The highest BCUT2D eigenvalue weighted by Gasteiger charge is 2.38. The summed E-state index contributed by atoms with van der Waals surface area (Å²) < 4.78 is 2.20. The van der Waals surface area contributed by atoms with E-state index in [0.29, 0.717) is 10.0 Å². The van der Waals surface area contributed by atoms with E-state index in [1.165, 1.54) is 0 Å². The number of nitrogens with zero attached hydrogens (tertiary/aromatic N) is 3. The van der Waals surface area contributed by atoms with Crippen LogP contribution in [0.25, 0.3) is 0 Å². The number of fused-ring (bicyclic) bond motifs is 1. The Kier molecular flexibility index (Phi) is 6.09. The van der Waals surface area contributed by atoms with E-state index in [9.17, 15) is 5.11 Å². The van der Waals surface area contributed by atoms with E-state index < -0.39 is 5.60 Å². The van der Waals surface area contributed by atoms with Gasteiger partial charge in [0.25, 0.3) is 0 Å². The minimum atomic E-state index is -0.824. The summed E-state index contributed by atoms with van der Waals surface area (Å²) in [5.74, 6) is 0.875. The van der Waals surface area contributed by atoms with Crippen LogP contribution in [0.5, 0.6) is 0 Å². The maximum absolute atomic E-state index is 11.5. The molecule has 0 spiro atoms. The lowest BCUT2D eigenvalue weighted by Crippen LogP contribution is -2.30. The van der Waals surface area contributed by atoms with Crippen molar-refractivity contribution in [3.8, 4) is 0 Å². The van der Waals surface area contributed by atoms with Gasteiger partial charge in [0.05, 0.1) is 22.1 Å². The van der Waals surface area contributed by atoms with E-state index in [2.05, 4.69) is 30.2 Å². The number of hydrogen-bond donors (Lipinski definition) is 1. The first-order valence-corrected chi connectivity index (χ1v) is 10.7. The van der Waals surface area contributed by atoms with Gasteiger partial charge >= 0.3 is 0 Å². The van der Waals surface area contributed by atoms with E-state index >= 15 is 0 Å². The molecular weight excluding hydrogens is 381 g/mol. The third-order valence-electron chi connectivity index (χ3n) is 5.40. The molecule has 0 aliphatic carbocycles. The van der Waals surface area contributed by atoms with Gasteiger partial charge in [-0.15, -0.1) is 0 Å². The summed E-state index contributed by atoms with van der Waals surface area (Å²) in [6, 6.07) is 3.71. The maximum Gasteiger partial charge on any atom is 0.210 e. The summed E-state index contributed by atoms with van der Waals surface area (Å²) in [5, 5.41) is 12.8. The summed E-state index contributed by atoms with van der Waals surface area (Å²) in [7, 11) is 0. The largest absolute Gasteiger partial charge is 0.384 e. The van der Waals surface area contributed by atoms with Crippen LogP contribution in [-0.4, -0.2) is 21.2 Å². The zero-order valence-electron chi connectivity index (χ0n) is 16.6. The van der Waals surface area contributed by atoms with Crippen molar-refractivity contribution in [3.63, 3.8) is 0 Å². The van der Waals surface area contributed by atoms with Gasteiger partial charge in [-0.3, -0.25) is 0 Å². The molecule has 0 radical (unpaired) electrons. The fourth-order valence-electron chi connectivity index (χ4n) is 4.41. The van der Waals surface area contributed by atoms with Crippen LogP contribution in [0, 0.1) is 6.92 Å². The van der Waals surface area contributed by atoms with E-state index in [-0.39, 0.29) is 0 Å². The number of aliphatic hydroxyl groups is 1. The Bertz CT molecular complexity index is 802. The number of aryl methyl sites for hydroxylation is 2. The molecule has 6 heteroatoms. The molecule has 1 aromatic heterocycles.